The van der Waals surface area contributed by atoms with E-state index in [0.29, 0.717) is 10.6 Å². The largest absolute Gasteiger partial charge is 0.416 e. The van der Waals surface area contributed by atoms with Crippen molar-refractivity contribution in [3.05, 3.63) is 104 Å². The van der Waals surface area contributed by atoms with E-state index in [1.807, 2.05) is 6.07 Å². The number of halogens is 4. The van der Waals surface area contributed by atoms with Crippen LogP contribution >= 0.6 is 11.6 Å². The lowest BCUT2D eigenvalue weighted by Gasteiger charge is -2.17. The SMILES string of the molecule is FC(F)(F)c1cccc(C2(n3ccnc3)OC2c2ccccc2Cl)c1.O=[N+]([O-])[O-]. The Morgan fingerprint density at radius 2 is 1.86 bits per heavy atom. The summed E-state index contributed by atoms with van der Waals surface area (Å²) >= 11 is 6.25. The van der Waals surface area contributed by atoms with E-state index in [1.165, 1.54) is 12.4 Å². The molecule has 2 atom stereocenters. The van der Waals surface area contributed by atoms with Crippen molar-refractivity contribution in [2.45, 2.75) is 18.0 Å². The fourth-order valence-corrected chi connectivity index (χ4v) is 3.28. The van der Waals surface area contributed by atoms with Crippen LogP contribution in [0.2, 0.25) is 5.02 Å². The molecule has 152 valence electrons. The number of alkyl halides is 3. The Labute approximate surface area is 167 Å². The van der Waals surface area contributed by atoms with Gasteiger partial charge in [0.15, 0.2) is 0 Å². The maximum atomic E-state index is 13.1. The molecule has 1 aromatic heterocycles. The Morgan fingerprint density at radius 1 is 1.17 bits per heavy atom. The minimum atomic E-state index is -4.43. The molecule has 0 amide bonds. The number of nitrogens with zero attached hydrogens (tertiary/aromatic N) is 3. The molecule has 2 aromatic carbocycles. The second-order valence-electron chi connectivity index (χ2n) is 5.99. The first-order valence-corrected chi connectivity index (χ1v) is 8.44. The minimum absolute atomic E-state index is 0.394. The standard InChI is InChI=1S/C18H12ClF3N2O.NO3/c19-15-7-2-1-6-14(15)16-17(25-16,24-9-8-23-11-24)12-4-3-5-13(10-12)18(20,21)22;2-1(3)4/h1-11,16H;/q;-1. The van der Waals surface area contributed by atoms with Gasteiger partial charge < -0.3 is 24.6 Å². The van der Waals surface area contributed by atoms with Crippen molar-refractivity contribution >= 4 is 11.6 Å². The highest BCUT2D eigenvalue weighted by atomic mass is 35.5. The van der Waals surface area contributed by atoms with Gasteiger partial charge in [0.25, 0.3) is 0 Å². The predicted octanol–water partition coefficient (Wildman–Crippen LogP) is 4.79. The fourth-order valence-electron chi connectivity index (χ4n) is 3.05. The van der Waals surface area contributed by atoms with Crippen LogP contribution in [0.5, 0.6) is 0 Å². The van der Waals surface area contributed by atoms with E-state index in [1.54, 1.807) is 41.2 Å². The summed E-state index contributed by atoms with van der Waals surface area (Å²) in [5, 5.41) is 15.3. The van der Waals surface area contributed by atoms with Gasteiger partial charge in [-0.15, -0.1) is 0 Å². The van der Waals surface area contributed by atoms with E-state index in [0.717, 1.165) is 17.7 Å². The van der Waals surface area contributed by atoms with Crippen LogP contribution in [0.15, 0.2) is 67.3 Å². The summed E-state index contributed by atoms with van der Waals surface area (Å²) in [4.78, 5) is 12.3. The number of aromatic nitrogens is 2. The highest BCUT2D eigenvalue weighted by Crippen LogP contribution is 2.59. The van der Waals surface area contributed by atoms with Crippen molar-refractivity contribution in [2.24, 2.45) is 0 Å². The maximum absolute atomic E-state index is 13.1. The van der Waals surface area contributed by atoms with Gasteiger partial charge in [0.2, 0.25) is 5.72 Å². The van der Waals surface area contributed by atoms with E-state index >= 15 is 0 Å². The molecular weight excluding hydrogens is 415 g/mol. The lowest BCUT2D eigenvalue weighted by Crippen LogP contribution is -2.21. The highest BCUT2D eigenvalue weighted by Gasteiger charge is 2.61. The molecule has 1 aliphatic heterocycles. The summed E-state index contributed by atoms with van der Waals surface area (Å²) in [5.41, 5.74) is -0.707. The second-order valence-corrected chi connectivity index (χ2v) is 6.40. The third-order valence-corrected chi connectivity index (χ3v) is 4.62. The number of hydrogen-bond donors (Lipinski definition) is 0. The van der Waals surface area contributed by atoms with Gasteiger partial charge in [0.1, 0.15) is 6.10 Å². The van der Waals surface area contributed by atoms with Crippen LogP contribution in [0, 0.1) is 15.3 Å². The van der Waals surface area contributed by atoms with Crippen molar-refractivity contribution in [2.75, 3.05) is 0 Å². The van der Waals surface area contributed by atoms with Gasteiger partial charge in [-0.05, 0) is 18.2 Å². The van der Waals surface area contributed by atoms with Crippen LogP contribution in [-0.2, 0) is 16.6 Å². The molecule has 11 heteroatoms. The minimum Gasteiger partial charge on any atom is -0.356 e. The van der Waals surface area contributed by atoms with Crippen LogP contribution in [0.25, 0.3) is 0 Å². The topological polar surface area (TPSA) is 96.5 Å². The molecule has 0 bridgehead atoms. The summed E-state index contributed by atoms with van der Waals surface area (Å²) in [5.74, 6) is 0. The van der Waals surface area contributed by atoms with E-state index in [2.05, 4.69) is 4.98 Å². The maximum Gasteiger partial charge on any atom is 0.416 e. The molecule has 3 aromatic rings. The number of benzene rings is 2. The highest BCUT2D eigenvalue weighted by molar-refractivity contribution is 6.31. The zero-order chi connectivity index (χ0) is 21.2. The number of imidazole rings is 1. The first-order chi connectivity index (χ1) is 13.7. The Balaban J connectivity index is 0.000000552. The molecule has 0 radical (unpaired) electrons. The van der Waals surface area contributed by atoms with Crippen molar-refractivity contribution < 1.29 is 23.0 Å². The molecule has 0 N–H and O–H groups in total. The van der Waals surface area contributed by atoms with Crippen LogP contribution < -0.4 is 0 Å². The van der Waals surface area contributed by atoms with Gasteiger partial charge in [-0.25, -0.2) is 4.98 Å². The van der Waals surface area contributed by atoms with Crippen LogP contribution in [0.3, 0.4) is 0 Å². The molecule has 4 rings (SSSR count). The lowest BCUT2D eigenvalue weighted by molar-refractivity contribution is -0.402. The van der Waals surface area contributed by atoms with Crippen molar-refractivity contribution in [3.63, 3.8) is 0 Å². The summed E-state index contributed by atoms with van der Waals surface area (Å²) in [7, 11) is 0. The van der Waals surface area contributed by atoms with Gasteiger partial charge in [-0.3, -0.25) is 0 Å². The molecule has 7 nitrogen and oxygen atoms in total. The van der Waals surface area contributed by atoms with Crippen molar-refractivity contribution in [1.82, 2.24) is 9.55 Å². The average Bonchev–Trinajstić information content (AvgIpc) is 3.15. The Kier molecular flexibility index (Phi) is 5.49. The number of rotatable bonds is 3. The lowest BCUT2D eigenvalue weighted by atomic mass is 9.97. The zero-order valence-corrected chi connectivity index (χ0v) is 15.2. The van der Waals surface area contributed by atoms with E-state index in [9.17, 15) is 13.2 Å². The van der Waals surface area contributed by atoms with Crippen LogP contribution in [0.1, 0.15) is 22.8 Å². The summed E-state index contributed by atoms with van der Waals surface area (Å²) < 4.78 is 47.0. The molecule has 1 fully saturated rings. The molecule has 2 unspecified atom stereocenters. The molecule has 29 heavy (non-hydrogen) atoms. The fraction of sp³-hybridized carbons (Fsp3) is 0.167. The van der Waals surface area contributed by atoms with E-state index in [4.69, 9.17) is 31.7 Å². The molecule has 0 spiro atoms. The Morgan fingerprint density at radius 3 is 2.45 bits per heavy atom. The van der Waals surface area contributed by atoms with E-state index in [-0.39, 0.29) is 0 Å². The monoisotopic (exact) mass is 426 g/mol. The normalized spacial score (nSPS) is 20.5. The first-order valence-electron chi connectivity index (χ1n) is 8.06. The van der Waals surface area contributed by atoms with Gasteiger partial charge in [0.05, 0.1) is 17.0 Å². The molecule has 1 aliphatic rings. The quantitative estimate of drug-likeness (QED) is 0.341. The third kappa shape index (κ3) is 4.17. The molecular formula is C18H12ClF3N3O4-. The van der Waals surface area contributed by atoms with Gasteiger partial charge in [0, 0.05) is 28.5 Å². The molecule has 0 aliphatic carbocycles. The van der Waals surface area contributed by atoms with Crippen molar-refractivity contribution in [3.8, 4) is 0 Å². The molecule has 0 saturated carbocycles. The number of ether oxygens (including phenoxy) is 1. The van der Waals surface area contributed by atoms with Crippen molar-refractivity contribution in [1.29, 1.82) is 0 Å². The third-order valence-electron chi connectivity index (χ3n) is 4.27. The predicted molar refractivity (Wildman–Crippen MR) is 96.4 cm³/mol. The Hall–Kier alpha value is -3.11. The van der Waals surface area contributed by atoms with Gasteiger partial charge in [-0.1, -0.05) is 41.9 Å². The first kappa shape index (κ1) is 20.6. The summed E-state index contributed by atoms with van der Waals surface area (Å²) in [6, 6.07) is 12.3. The van der Waals surface area contributed by atoms with Gasteiger partial charge >= 0.3 is 6.18 Å². The van der Waals surface area contributed by atoms with E-state index < -0.39 is 28.7 Å². The van der Waals surface area contributed by atoms with Crippen LogP contribution in [-0.4, -0.2) is 14.6 Å². The van der Waals surface area contributed by atoms with Crippen LogP contribution in [0.4, 0.5) is 13.2 Å². The number of epoxide rings is 1. The Bertz CT molecular complexity index is 1010. The number of hydrogen-bond acceptors (Lipinski definition) is 5. The smallest absolute Gasteiger partial charge is 0.356 e. The molecule has 2 heterocycles. The average molecular weight is 427 g/mol. The van der Waals surface area contributed by atoms with Gasteiger partial charge in [-0.2, -0.15) is 13.2 Å². The molecule has 1 saturated heterocycles. The summed E-state index contributed by atoms with van der Waals surface area (Å²) in [6.07, 6.45) is -0.186. The summed E-state index contributed by atoms with van der Waals surface area (Å²) in [6.45, 7) is 0. The zero-order valence-electron chi connectivity index (χ0n) is 14.4. The second kappa shape index (κ2) is 7.72.